The van der Waals surface area contributed by atoms with Gasteiger partial charge in [0.05, 0.1) is 35.2 Å². The summed E-state index contributed by atoms with van der Waals surface area (Å²) in [4.78, 5) is 45.2. The number of rotatable bonds is 6. The first kappa shape index (κ1) is 30.3. The second-order valence-corrected chi connectivity index (χ2v) is 14.9. The molecule has 0 spiro atoms. The fourth-order valence-electron chi connectivity index (χ4n) is 8.31. The number of methoxy groups -OCH3 is 1. The monoisotopic (exact) mass is 678 g/mol. The van der Waals surface area contributed by atoms with E-state index in [-0.39, 0.29) is 39.5 Å². The number of thiazole rings is 1. The molecule has 0 radical (unpaired) electrons. The molecule has 2 aliphatic heterocycles. The smallest absolute Gasteiger partial charge is 0.416 e. The minimum Gasteiger partial charge on any atom is -0.493 e. The normalized spacial score (nSPS) is 27.5. The van der Waals surface area contributed by atoms with E-state index >= 15 is 0 Å². The van der Waals surface area contributed by atoms with E-state index in [1.807, 2.05) is 49.4 Å². The van der Waals surface area contributed by atoms with E-state index in [9.17, 15) is 27.6 Å². The number of benzene rings is 3. The lowest BCUT2D eigenvalue weighted by molar-refractivity contribution is -0.137. The number of nitrogens with one attached hydrogen (secondary N) is 1. The Hall–Kier alpha value is -4.03. The molecule has 7 atom stereocenters. The number of anilines is 1. The van der Waals surface area contributed by atoms with Gasteiger partial charge in [-0.1, -0.05) is 53.3 Å². The van der Waals surface area contributed by atoms with Crippen LogP contribution in [0.15, 0.2) is 76.6 Å². The molecule has 2 aliphatic carbocycles. The van der Waals surface area contributed by atoms with Crippen molar-refractivity contribution < 1.29 is 32.2 Å². The standard InChI is InChI=1S/C35H29F3N2O5S2/c1-16-6-8-17(9-7-16)15-45-23-11-10-18(12-24(23)44-2)25-26-21-14-22(29(26)46-31-30(25)47-34(43)39-31)28-27(21)32(41)40(33(28)42)20-5-3-4-19(13-20)35(36,37)38/h3-13,21-22,25-29H,14-15H2,1-2H3,(H,39,43)/t21?,22?,25-,26?,27?,28?,29?/m1/s1. The molecule has 8 rings (SSSR count). The molecule has 47 heavy (non-hydrogen) atoms. The summed E-state index contributed by atoms with van der Waals surface area (Å²) in [6.07, 6.45) is -3.94. The van der Waals surface area contributed by atoms with Crippen LogP contribution in [0.25, 0.3) is 0 Å². The molecule has 4 aromatic rings. The lowest BCUT2D eigenvalue weighted by Crippen LogP contribution is -2.42. The number of H-pyrrole nitrogens is 1. The third-order valence-electron chi connectivity index (χ3n) is 10.2. The Bertz CT molecular complexity index is 1970. The van der Waals surface area contributed by atoms with Crippen molar-refractivity contribution in [3.05, 3.63) is 104 Å². The molecular formula is C35H29F3N2O5S2. The minimum absolute atomic E-state index is 0.0507. The zero-order valence-electron chi connectivity index (χ0n) is 25.2. The lowest BCUT2D eigenvalue weighted by Gasteiger charge is -2.43. The molecule has 6 unspecified atom stereocenters. The minimum atomic E-state index is -4.60. The highest BCUT2D eigenvalue weighted by molar-refractivity contribution is 8.00. The molecule has 1 aromatic heterocycles. The van der Waals surface area contributed by atoms with Crippen molar-refractivity contribution in [3.63, 3.8) is 0 Å². The van der Waals surface area contributed by atoms with Crippen LogP contribution in [-0.2, 0) is 22.4 Å². The fraction of sp³-hybridized carbons (Fsp3) is 0.343. The summed E-state index contributed by atoms with van der Waals surface area (Å²) < 4.78 is 52.5. The summed E-state index contributed by atoms with van der Waals surface area (Å²) in [5.41, 5.74) is 2.12. The van der Waals surface area contributed by atoms with Crippen molar-refractivity contribution >= 4 is 40.6 Å². The number of aromatic amines is 1. The van der Waals surface area contributed by atoms with Crippen LogP contribution >= 0.6 is 23.1 Å². The van der Waals surface area contributed by atoms with Crippen molar-refractivity contribution in [2.24, 2.45) is 29.6 Å². The SMILES string of the molecule is COc1cc([C@H]2c3sc(=O)[nH]c3SC3C4CC(C5C(=O)N(c6cccc(C(F)(F)F)c6)C(=O)C45)C32)ccc1OCc1ccc(C)cc1. The van der Waals surface area contributed by atoms with Gasteiger partial charge in [-0.05, 0) is 72.6 Å². The van der Waals surface area contributed by atoms with Crippen LogP contribution in [0.2, 0.25) is 0 Å². The first-order chi connectivity index (χ1) is 22.5. The lowest BCUT2D eigenvalue weighted by atomic mass is 9.68. The third kappa shape index (κ3) is 4.82. The van der Waals surface area contributed by atoms with E-state index in [1.54, 1.807) is 18.9 Å². The maximum absolute atomic E-state index is 14.0. The van der Waals surface area contributed by atoms with Gasteiger partial charge in [0.15, 0.2) is 11.5 Å². The molecule has 3 aromatic carbocycles. The molecule has 1 saturated heterocycles. The van der Waals surface area contributed by atoms with Crippen LogP contribution in [0.4, 0.5) is 18.9 Å². The van der Waals surface area contributed by atoms with Crippen LogP contribution in [0.3, 0.4) is 0 Å². The van der Waals surface area contributed by atoms with Crippen LogP contribution in [0.1, 0.15) is 39.5 Å². The number of hydrogen-bond donors (Lipinski definition) is 1. The molecule has 242 valence electrons. The second-order valence-electron chi connectivity index (χ2n) is 12.7. The van der Waals surface area contributed by atoms with Crippen molar-refractivity contribution in [3.8, 4) is 11.5 Å². The molecule has 2 bridgehead atoms. The number of aromatic nitrogens is 1. The van der Waals surface area contributed by atoms with Gasteiger partial charge in [-0.3, -0.25) is 19.3 Å². The Morgan fingerprint density at radius 3 is 2.40 bits per heavy atom. The zero-order chi connectivity index (χ0) is 32.8. The average molecular weight is 679 g/mol. The van der Waals surface area contributed by atoms with Crippen molar-refractivity contribution in [1.82, 2.24) is 4.98 Å². The molecule has 12 heteroatoms. The summed E-state index contributed by atoms with van der Waals surface area (Å²) in [5, 5.41) is 0.700. The topological polar surface area (TPSA) is 88.7 Å². The summed E-state index contributed by atoms with van der Waals surface area (Å²) in [7, 11) is 1.57. The number of halogens is 3. The van der Waals surface area contributed by atoms with E-state index in [0.29, 0.717) is 24.5 Å². The van der Waals surface area contributed by atoms with Gasteiger partial charge in [-0.25, -0.2) is 0 Å². The maximum Gasteiger partial charge on any atom is 0.416 e. The van der Waals surface area contributed by atoms with Gasteiger partial charge in [0.25, 0.3) is 0 Å². The molecular weight excluding hydrogens is 650 g/mol. The summed E-state index contributed by atoms with van der Waals surface area (Å²) in [6.45, 7) is 2.38. The van der Waals surface area contributed by atoms with Gasteiger partial charge in [-0.15, -0.1) is 11.8 Å². The zero-order valence-corrected chi connectivity index (χ0v) is 26.9. The maximum atomic E-state index is 14.0. The largest absolute Gasteiger partial charge is 0.493 e. The van der Waals surface area contributed by atoms with Gasteiger partial charge >= 0.3 is 11.0 Å². The Balaban J connectivity index is 1.14. The summed E-state index contributed by atoms with van der Waals surface area (Å²) >= 11 is 2.70. The Labute approximate surface area is 276 Å². The van der Waals surface area contributed by atoms with Crippen LogP contribution < -0.4 is 19.2 Å². The molecule has 2 amide bonds. The van der Waals surface area contributed by atoms with Gasteiger partial charge in [0.2, 0.25) is 11.8 Å². The summed E-state index contributed by atoms with van der Waals surface area (Å²) in [5.74, 6) is -1.70. The molecule has 1 N–H and O–H groups in total. The number of thioether (sulfide) groups is 1. The van der Waals surface area contributed by atoms with Crippen LogP contribution in [0, 0.1) is 36.5 Å². The Morgan fingerprint density at radius 1 is 0.936 bits per heavy atom. The number of alkyl halides is 3. The number of imide groups is 1. The molecule has 4 aliphatic rings. The number of nitrogens with zero attached hydrogens (tertiary/aromatic N) is 1. The Kier molecular flexibility index (Phi) is 7.10. The predicted octanol–water partition coefficient (Wildman–Crippen LogP) is 7.03. The van der Waals surface area contributed by atoms with E-state index < -0.39 is 35.4 Å². The average Bonchev–Trinajstić information content (AvgIpc) is 3.79. The number of ether oxygens (including phenoxy) is 2. The molecule has 3 fully saturated rings. The van der Waals surface area contributed by atoms with E-state index in [1.165, 1.54) is 12.1 Å². The third-order valence-corrected chi connectivity index (χ3v) is 12.8. The fourth-order valence-corrected chi connectivity index (χ4v) is 11.2. The summed E-state index contributed by atoms with van der Waals surface area (Å²) in [6, 6.07) is 18.3. The van der Waals surface area contributed by atoms with Crippen molar-refractivity contribution in [1.29, 1.82) is 0 Å². The van der Waals surface area contributed by atoms with Gasteiger partial charge < -0.3 is 14.5 Å². The molecule has 3 heterocycles. The van der Waals surface area contributed by atoms with E-state index in [2.05, 4.69) is 4.98 Å². The number of carbonyl (C=O) groups excluding carboxylic acids is 2. The molecule has 2 saturated carbocycles. The number of carbonyl (C=O) groups is 2. The van der Waals surface area contributed by atoms with Crippen molar-refractivity contribution in [2.45, 2.75) is 42.3 Å². The number of amides is 2. The van der Waals surface area contributed by atoms with Crippen LogP contribution in [-0.4, -0.2) is 29.2 Å². The first-order valence-electron chi connectivity index (χ1n) is 15.3. The van der Waals surface area contributed by atoms with Gasteiger partial charge in [0, 0.05) is 16.0 Å². The highest BCUT2D eigenvalue weighted by atomic mass is 32.2. The van der Waals surface area contributed by atoms with Crippen molar-refractivity contribution in [2.75, 3.05) is 12.0 Å². The number of hydrogen-bond acceptors (Lipinski definition) is 7. The Morgan fingerprint density at radius 2 is 1.68 bits per heavy atom. The molecule has 7 nitrogen and oxygen atoms in total. The predicted molar refractivity (Wildman–Crippen MR) is 171 cm³/mol. The first-order valence-corrected chi connectivity index (χ1v) is 17.0. The highest BCUT2D eigenvalue weighted by Gasteiger charge is 2.69. The van der Waals surface area contributed by atoms with Gasteiger partial charge in [-0.2, -0.15) is 13.2 Å². The number of aryl methyl sites for hydroxylation is 1. The number of fused-ring (bicyclic) bond motifs is 9. The van der Waals surface area contributed by atoms with E-state index in [0.717, 1.165) is 55.0 Å². The van der Waals surface area contributed by atoms with Gasteiger partial charge in [0.1, 0.15) is 6.61 Å². The highest BCUT2D eigenvalue weighted by Crippen LogP contribution is 2.69. The van der Waals surface area contributed by atoms with E-state index in [4.69, 9.17) is 9.47 Å². The quantitative estimate of drug-likeness (QED) is 0.221. The van der Waals surface area contributed by atoms with Crippen LogP contribution in [0.5, 0.6) is 11.5 Å². The second kappa shape index (κ2) is 11.0.